The van der Waals surface area contributed by atoms with E-state index < -0.39 is 0 Å². The van der Waals surface area contributed by atoms with Gasteiger partial charge in [-0.1, -0.05) is 6.92 Å². The van der Waals surface area contributed by atoms with Crippen LogP contribution in [0.3, 0.4) is 0 Å². The molecule has 1 amide bonds. The molecule has 0 saturated carbocycles. The van der Waals surface area contributed by atoms with Crippen molar-refractivity contribution in [2.75, 3.05) is 26.2 Å². The summed E-state index contributed by atoms with van der Waals surface area (Å²) >= 11 is 0. The van der Waals surface area contributed by atoms with E-state index in [1.54, 1.807) is 0 Å². The lowest BCUT2D eigenvalue weighted by molar-refractivity contribution is -0.123. The molecule has 1 unspecified atom stereocenters. The summed E-state index contributed by atoms with van der Waals surface area (Å²) in [5.41, 5.74) is 5.38. The minimum Gasteiger partial charge on any atom is -0.368 e. The van der Waals surface area contributed by atoms with Crippen LogP contribution in [0.5, 0.6) is 0 Å². The molecule has 3 atom stereocenters. The van der Waals surface area contributed by atoms with E-state index in [-0.39, 0.29) is 11.9 Å². The first kappa shape index (κ1) is 9.93. The van der Waals surface area contributed by atoms with Crippen LogP contribution in [0.2, 0.25) is 0 Å². The smallest absolute Gasteiger partial charge is 0.234 e. The SMILES string of the molecule is CCC(C(N)=O)N1C[C@H]2CNC[C@H]2C1. The van der Waals surface area contributed by atoms with Gasteiger partial charge in [0.15, 0.2) is 0 Å². The maximum Gasteiger partial charge on any atom is 0.234 e. The molecule has 0 radical (unpaired) electrons. The van der Waals surface area contributed by atoms with Gasteiger partial charge in [-0.25, -0.2) is 0 Å². The van der Waals surface area contributed by atoms with Crippen LogP contribution in [-0.4, -0.2) is 43.0 Å². The Kier molecular flexibility index (Phi) is 2.74. The monoisotopic (exact) mass is 197 g/mol. The maximum atomic E-state index is 11.2. The number of hydrogen-bond acceptors (Lipinski definition) is 3. The van der Waals surface area contributed by atoms with E-state index in [0.717, 1.165) is 44.4 Å². The molecule has 14 heavy (non-hydrogen) atoms. The highest BCUT2D eigenvalue weighted by molar-refractivity contribution is 5.79. The molecule has 80 valence electrons. The summed E-state index contributed by atoms with van der Waals surface area (Å²) in [6.07, 6.45) is 0.836. The third kappa shape index (κ3) is 1.64. The zero-order valence-corrected chi connectivity index (χ0v) is 8.70. The van der Waals surface area contributed by atoms with E-state index in [2.05, 4.69) is 10.2 Å². The summed E-state index contributed by atoms with van der Waals surface area (Å²) in [7, 11) is 0. The van der Waals surface area contributed by atoms with E-state index in [4.69, 9.17) is 5.73 Å². The minimum atomic E-state index is -0.166. The summed E-state index contributed by atoms with van der Waals surface area (Å²) in [6.45, 7) is 6.33. The van der Waals surface area contributed by atoms with Gasteiger partial charge in [-0.2, -0.15) is 0 Å². The lowest BCUT2D eigenvalue weighted by atomic mass is 10.0. The topological polar surface area (TPSA) is 58.4 Å². The van der Waals surface area contributed by atoms with Gasteiger partial charge in [0.1, 0.15) is 0 Å². The highest BCUT2D eigenvalue weighted by Gasteiger charge is 2.39. The van der Waals surface area contributed by atoms with Crippen molar-refractivity contribution >= 4 is 5.91 Å². The van der Waals surface area contributed by atoms with Crippen molar-refractivity contribution in [1.29, 1.82) is 0 Å². The van der Waals surface area contributed by atoms with Crippen molar-refractivity contribution in [3.8, 4) is 0 Å². The number of nitrogens with two attached hydrogens (primary N) is 1. The fourth-order valence-electron chi connectivity index (χ4n) is 2.79. The molecule has 0 aromatic heterocycles. The Bertz CT molecular complexity index is 219. The normalized spacial score (nSPS) is 34.4. The van der Waals surface area contributed by atoms with Crippen molar-refractivity contribution in [2.24, 2.45) is 17.6 Å². The van der Waals surface area contributed by atoms with Crippen LogP contribution in [0.25, 0.3) is 0 Å². The van der Waals surface area contributed by atoms with Crippen molar-refractivity contribution in [3.63, 3.8) is 0 Å². The molecule has 2 aliphatic heterocycles. The largest absolute Gasteiger partial charge is 0.368 e. The van der Waals surface area contributed by atoms with Crippen molar-refractivity contribution in [2.45, 2.75) is 19.4 Å². The number of nitrogens with one attached hydrogen (secondary N) is 1. The molecule has 2 fully saturated rings. The summed E-state index contributed by atoms with van der Waals surface area (Å²) in [4.78, 5) is 13.5. The van der Waals surface area contributed by atoms with Gasteiger partial charge in [0.2, 0.25) is 5.91 Å². The molecule has 2 heterocycles. The molecule has 0 aromatic carbocycles. The van der Waals surface area contributed by atoms with E-state index in [1.807, 2.05) is 6.92 Å². The van der Waals surface area contributed by atoms with Crippen molar-refractivity contribution in [1.82, 2.24) is 10.2 Å². The van der Waals surface area contributed by atoms with Crippen LogP contribution in [0.4, 0.5) is 0 Å². The van der Waals surface area contributed by atoms with Crippen LogP contribution in [0.15, 0.2) is 0 Å². The van der Waals surface area contributed by atoms with Gasteiger partial charge in [0.25, 0.3) is 0 Å². The summed E-state index contributed by atoms with van der Waals surface area (Å²) in [5, 5.41) is 3.39. The number of rotatable bonds is 3. The summed E-state index contributed by atoms with van der Waals surface area (Å²) < 4.78 is 0. The second-order valence-electron chi connectivity index (χ2n) is 4.46. The number of carbonyl (C=O) groups is 1. The summed E-state index contributed by atoms with van der Waals surface area (Å²) in [5.74, 6) is 1.31. The molecule has 0 aromatic rings. The standard InChI is InChI=1S/C10H19N3O/c1-2-9(10(11)14)13-5-7-3-12-4-8(7)6-13/h7-9,12H,2-6H2,1H3,(H2,11,14)/t7-,8+,9?. The number of nitrogens with zero attached hydrogens (tertiary/aromatic N) is 1. The fourth-order valence-corrected chi connectivity index (χ4v) is 2.79. The molecular weight excluding hydrogens is 178 g/mol. The number of carbonyl (C=O) groups excluding carboxylic acids is 1. The van der Waals surface area contributed by atoms with E-state index in [1.165, 1.54) is 0 Å². The average Bonchev–Trinajstić information content (AvgIpc) is 2.63. The predicted molar refractivity (Wildman–Crippen MR) is 54.7 cm³/mol. The zero-order valence-electron chi connectivity index (χ0n) is 8.70. The Morgan fingerprint density at radius 3 is 2.50 bits per heavy atom. The molecule has 2 aliphatic rings. The van der Waals surface area contributed by atoms with Gasteiger partial charge in [-0.05, 0) is 31.3 Å². The summed E-state index contributed by atoms with van der Waals surface area (Å²) in [6, 6.07) is -0.0411. The highest BCUT2D eigenvalue weighted by atomic mass is 16.1. The maximum absolute atomic E-state index is 11.2. The van der Waals surface area contributed by atoms with Crippen LogP contribution in [0, 0.1) is 11.8 Å². The van der Waals surface area contributed by atoms with Gasteiger partial charge < -0.3 is 11.1 Å². The van der Waals surface area contributed by atoms with E-state index >= 15 is 0 Å². The van der Waals surface area contributed by atoms with E-state index in [0.29, 0.717) is 0 Å². The first-order chi connectivity index (χ1) is 6.72. The van der Waals surface area contributed by atoms with Gasteiger partial charge in [0, 0.05) is 13.1 Å². The Balaban J connectivity index is 1.97. The molecular formula is C10H19N3O. The number of amides is 1. The van der Waals surface area contributed by atoms with Gasteiger partial charge in [-0.15, -0.1) is 0 Å². The Hall–Kier alpha value is -0.610. The molecule has 0 spiro atoms. The number of fused-ring (bicyclic) bond motifs is 1. The molecule has 0 bridgehead atoms. The number of primary amides is 1. The van der Waals surface area contributed by atoms with Gasteiger partial charge in [-0.3, -0.25) is 9.69 Å². The Morgan fingerprint density at radius 2 is 2.07 bits per heavy atom. The Morgan fingerprint density at radius 1 is 1.50 bits per heavy atom. The number of likely N-dealkylation sites (tertiary alicyclic amines) is 1. The quantitative estimate of drug-likeness (QED) is 0.635. The average molecular weight is 197 g/mol. The minimum absolute atomic E-state index is 0.0411. The second kappa shape index (κ2) is 3.87. The second-order valence-corrected chi connectivity index (χ2v) is 4.46. The Labute approximate surface area is 84.8 Å². The van der Waals surface area contributed by atoms with Gasteiger partial charge in [0.05, 0.1) is 6.04 Å². The first-order valence-electron chi connectivity index (χ1n) is 5.46. The lowest BCUT2D eigenvalue weighted by Gasteiger charge is -2.24. The molecule has 2 saturated heterocycles. The van der Waals surface area contributed by atoms with Crippen LogP contribution in [0.1, 0.15) is 13.3 Å². The molecule has 4 nitrogen and oxygen atoms in total. The molecule has 4 heteroatoms. The van der Waals surface area contributed by atoms with Crippen LogP contribution >= 0.6 is 0 Å². The van der Waals surface area contributed by atoms with Crippen molar-refractivity contribution < 1.29 is 4.79 Å². The molecule has 3 N–H and O–H groups in total. The van der Waals surface area contributed by atoms with E-state index in [9.17, 15) is 4.79 Å². The predicted octanol–water partition coefficient (Wildman–Crippen LogP) is -0.598. The third-order valence-electron chi connectivity index (χ3n) is 3.57. The molecule has 2 rings (SSSR count). The highest BCUT2D eigenvalue weighted by Crippen LogP contribution is 2.28. The first-order valence-corrected chi connectivity index (χ1v) is 5.46. The lowest BCUT2D eigenvalue weighted by Crippen LogP contribution is -2.44. The van der Waals surface area contributed by atoms with Crippen molar-refractivity contribution in [3.05, 3.63) is 0 Å². The zero-order chi connectivity index (χ0) is 10.1. The fraction of sp³-hybridized carbons (Fsp3) is 0.900. The van der Waals surface area contributed by atoms with Gasteiger partial charge >= 0.3 is 0 Å². The van der Waals surface area contributed by atoms with Crippen LogP contribution in [-0.2, 0) is 4.79 Å². The molecule has 0 aliphatic carbocycles. The number of hydrogen-bond donors (Lipinski definition) is 2. The van der Waals surface area contributed by atoms with Crippen LogP contribution < -0.4 is 11.1 Å². The third-order valence-corrected chi connectivity index (χ3v) is 3.57.